The summed E-state index contributed by atoms with van der Waals surface area (Å²) >= 11 is 0. The Balaban J connectivity index is 1.59. The Bertz CT molecular complexity index is 847. The van der Waals surface area contributed by atoms with Crippen LogP contribution in [0.5, 0.6) is 0 Å². The number of nitro benzene ring substituents is 1. The molecule has 1 saturated carbocycles. The van der Waals surface area contributed by atoms with Crippen molar-refractivity contribution in [1.29, 1.82) is 0 Å². The average Bonchev–Trinajstić information content (AvgIpc) is 3.44. The molecule has 1 atom stereocenters. The molecule has 10 nitrogen and oxygen atoms in total. The van der Waals surface area contributed by atoms with Crippen LogP contribution in [0.15, 0.2) is 18.2 Å². The molecule has 1 aliphatic heterocycles. The Hall–Kier alpha value is -3.30. The summed E-state index contributed by atoms with van der Waals surface area (Å²) in [5.41, 5.74) is -0.996. The Labute approximate surface area is 153 Å². The molecule has 0 saturated heterocycles. The molecule has 3 rings (SSSR count). The van der Waals surface area contributed by atoms with Crippen LogP contribution in [0.2, 0.25) is 0 Å². The first-order valence-corrected chi connectivity index (χ1v) is 8.38. The highest BCUT2D eigenvalue weighted by Gasteiger charge is 2.42. The lowest BCUT2D eigenvalue weighted by Crippen LogP contribution is -2.39. The number of ether oxygens (including phenoxy) is 1. The molecule has 3 amide bonds. The zero-order chi connectivity index (χ0) is 19.7. The number of amides is 3. The summed E-state index contributed by atoms with van der Waals surface area (Å²) in [6, 6.07) is 3.67. The molecular weight excluding hydrogens is 358 g/mol. The molecule has 2 aliphatic rings. The van der Waals surface area contributed by atoms with Gasteiger partial charge in [0.15, 0.2) is 6.61 Å². The molecule has 1 aromatic carbocycles. The standard InChI is InChI=1S/C17H17N3O7/c1-9(10-5-6-10)18-13(21)8-27-14(22)7-19-16(23)11-3-2-4-12(20(25)26)15(11)17(19)24/h2-4,9-10H,5-8H2,1H3,(H,18,21)/t9-/m0/s1. The summed E-state index contributed by atoms with van der Waals surface area (Å²) in [4.78, 5) is 59.1. The van der Waals surface area contributed by atoms with Crippen LogP contribution >= 0.6 is 0 Å². The van der Waals surface area contributed by atoms with E-state index in [1.54, 1.807) is 0 Å². The molecule has 1 aliphatic carbocycles. The number of hydrogen-bond donors (Lipinski definition) is 1. The summed E-state index contributed by atoms with van der Waals surface area (Å²) in [5, 5.41) is 13.8. The van der Waals surface area contributed by atoms with Crippen molar-refractivity contribution in [2.45, 2.75) is 25.8 Å². The largest absolute Gasteiger partial charge is 0.454 e. The van der Waals surface area contributed by atoms with E-state index in [0.717, 1.165) is 18.9 Å². The molecule has 1 heterocycles. The van der Waals surface area contributed by atoms with E-state index in [1.807, 2.05) is 6.92 Å². The Kier molecular flexibility index (Phi) is 4.89. The van der Waals surface area contributed by atoms with Crippen LogP contribution in [-0.4, -0.2) is 52.7 Å². The van der Waals surface area contributed by atoms with E-state index in [-0.39, 0.29) is 17.2 Å². The molecule has 0 spiro atoms. The van der Waals surface area contributed by atoms with Crippen LogP contribution in [0.25, 0.3) is 0 Å². The Morgan fingerprint density at radius 2 is 2.04 bits per heavy atom. The highest BCUT2D eigenvalue weighted by Crippen LogP contribution is 2.32. The summed E-state index contributed by atoms with van der Waals surface area (Å²) < 4.78 is 4.81. The molecule has 0 bridgehead atoms. The van der Waals surface area contributed by atoms with Crippen LogP contribution in [0.4, 0.5) is 5.69 Å². The van der Waals surface area contributed by atoms with Gasteiger partial charge < -0.3 is 10.1 Å². The van der Waals surface area contributed by atoms with Crippen molar-refractivity contribution in [3.05, 3.63) is 39.4 Å². The zero-order valence-corrected chi connectivity index (χ0v) is 14.5. The number of nitrogens with zero attached hydrogens (tertiary/aromatic N) is 2. The minimum atomic E-state index is -0.957. The van der Waals surface area contributed by atoms with Crippen molar-refractivity contribution in [3.8, 4) is 0 Å². The number of hydrogen-bond acceptors (Lipinski definition) is 7. The monoisotopic (exact) mass is 375 g/mol. The van der Waals surface area contributed by atoms with Crippen molar-refractivity contribution >= 4 is 29.4 Å². The van der Waals surface area contributed by atoms with Crippen LogP contribution < -0.4 is 5.32 Å². The van der Waals surface area contributed by atoms with Crippen molar-refractivity contribution in [3.63, 3.8) is 0 Å². The van der Waals surface area contributed by atoms with Gasteiger partial charge in [0.05, 0.1) is 10.5 Å². The van der Waals surface area contributed by atoms with E-state index in [0.29, 0.717) is 10.8 Å². The van der Waals surface area contributed by atoms with Gasteiger partial charge in [-0.1, -0.05) is 6.07 Å². The van der Waals surface area contributed by atoms with Gasteiger partial charge in [0.2, 0.25) is 0 Å². The second-order valence-electron chi connectivity index (χ2n) is 6.51. The third-order valence-electron chi connectivity index (χ3n) is 4.54. The lowest BCUT2D eigenvalue weighted by atomic mass is 10.1. The molecule has 0 radical (unpaired) electrons. The maximum atomic E-state index is 12.3. The van der Waals surface area contributed by atoms with E-state index >= 15 is 0 Å². The Morgan fingerprint density at radius 3 is 2.67 bits per heavy atom. The molecule has 0 unspecified atom stereocenters. The summed E-state index contributed by atoms with van der Waals surface area (Å²) in [6.07, 6.45) is 2.10. The number of benzene rings is 1. The molecule has 10 heteroatoms. The summed E-state index contributed by atoms with van der Waals surface area (Å²) in [7, 11) is 0. The summed E-state index contributed by atoms with van der Waals surface area (Å²) in [6.45, 7) is 0.608. The van der Waals surface area contributed by atoms with Gasteiger partial charge in [0.1, 0.15) is 12.1 Å². The maximum Gasteiger partial charge on any atom is 0.326 e. The number of nitro groups is 1. The molecule has 27 heavy (non-hydrogen) atoms. The van der Waals surface area contributed by atoms with E-state index < -0.39 is 47.5 Å². The number of nitrogens with one attached hydrogen (secondary N) is 1. The second kappa shape index (κ2) is 7.14. The highest BCUT2D eigenvalue weighted by atomic mass is 16.6. The van der Waals surface area contributed by atoms with Crippen molar-refractivity contribution in [2.24, 2.45) is 5.92 Å². The van der Waals surface area contributed by atoms with E-state index in [9.17, 15) is 29.3 Å². The van der Waals surface area contributed by atoms with Crippen molar-refractivity contribution in [2.75, 3.05) is 13.2 Å². The molecular formula is C17H17N3O7. The number of fused-ring (bicyclic) bond motifs is 1. The third-order valence-corrected chi connectivity index (χ3v) is 4.54. The smallest absolute Gasteiger partial charge is 0.326 e. The normalized spacial score (nSPS) is 16.7. The fourth-order valence-electron chi connectivity index (χ4n) is 2.94. The van der Waals surface area contributed by atoms with E-state index in [2.05, 4.69) is 5.32 Å². The van der Waals surface area contributed by atoms with Gasteiger partial charge in [-0.3, -0.25) is 34.2 Å². The SMILES string of the molecule is C[C@H](NC(=O)COC(=O)CN1C(=O)c2cccc([N+](=O)[O-])c2C1=O)C1CC1. The van der Waals surface area contributed by atoms with Gasteiger partial charge in [0.25, 0.3) is 23.4 Å². The quantitative estimate of drug-likeness (QED) is 0.320. The van der Waals surface area contributed by atoms with Crippen molar-refractivity contribution < 1.29 is 28.8 Å². The minimum absolute atomic E-state index is 0.00649. The predicted octanol–water partition coefficient (Wildman–Crippen LogP) is 0.649. The third kappa shape index (κ3) is 3.78. The lowest BCUT2D eigenvalue weighted by molar-refractivity contribution is -0.385. The van der Waals surface area contributed by atoms with Crippen LogP contribution in [-0.2, 0) is 14.3 Å². The van der Waals surface area contributed by atoms with Crippen LogP contribution in [0.1, 0.15) is 40.5 Å². The number of carbonyl (C=O) groups excluding carboxylic acids is 4. The minimum Gasteiger partial charge on any atom is -0.454 e. The fraction of sp³-hybridized carbons (Fsp3) is 0.412. The first kappa shape index (κ1) is 18.5. The topological polar surface area (TPSA) is 136 Å². The number of esters is 1. The number of carbonyl (C=O) groups is 4. The van der Waals surface area contributed by atoms with Gasteiger partial charge in [-0.05, 0) is 31.7 Å². The van der Waals surface area contributed by atoms with Gasteiger partial charge in [0, 0.05) is 12.1 Å². The predicted molar refractivity (Wildman–Crippen MR) is 89.8 cm³/mol. The number of rotatable bonds is 7. The first-order valence-electron chi connectivity index (χ1n) is 8.38. The molecule has 1 aromatic rings. The molecule has 142 valence electrons. The average molecular weight is 375 g/mol. The highest BCUT2D eigenvalue weighted by molar-refractivity contribution is 6.24. The number of imide groups is 1. The maximum absolute atomic E-state index is 12.3. The molecule has 1 N–H and O–H groups in total. The fourth-order valence-corrected chi connectivity index (χ4v) is 2.94. The second-order valence-corrected chi connectivity index (χ2v) is 6.51. The zero-order valence-electron chi connectivity index (χ0n) is 14.5. The van der Waals surface area contributed by atoms with Crippen molar-refractivity contribution in [1.82, 2.24) is 10.2 Å². The van der Waals surface area contributed by atoms with E-state index in [4.69, 9.17) is 4.74 Å². The first-order chi connectivity index (χ1) is 12.8. The van der Waals surface area contributed by atoms with E-state index in [1.165, 1.54) is 12.1 Å². The van der Waals surface area contributed by atoms with Gasteiger partial charge >= 0.3 is 5.97 Å². The van der Waals surface area contributed by atoms with Crippen LogP contribution in [0.3, 0.4) is 0 Å². The lowest BCUT2D eigenvalue weighted by Gasteiger charge is -2.14. The Morgan fingerprint density at radius 1 is 1.33 bits per heavy atom. The molecule has 0 aromatic heterocycles. The molecule has 1 fully saturated rings. The van der Waals surface area contributed by atoms with Gasteiger partial charge in [-0.2, -0.15) is 0 Å². The van der Waals surface area contributed by atoms with Gasteiger partial charge in [-0.25, -0.2) is 0 Å². The van der Waals surface area contributed by atoms with Gasteiger partial charge in [-0.15, -0.1) is 0 Å². The summed E-state index contributed by atoms with van der Waals surface area (Å²) in [5.74, 6) is -2.74. The van der Waals surface area contributed by atoms with Crippen LogP contribution in [0, 0.1) is 16.0 Å².